The van der Waals surface area contributed by atoms with Crippen LogP contribution in [0.1, 0.15) is 35.7 Å². The van der Waals surface area contributed by atoms with Crippen molar-refractivity contribution in [3.63, 3.8) is 0 Å². The van der Waals surface area contributed by atoms with Crippen LogP contribution in [0, 0.1) is 0 Å². The van der Waals surface area contributed by atoms with Crippen molar-refractivity contribution in [1.29, 1.82) is 0 Å². The Morgan fingerprint density at radius 1 is 1.31 bits per heavy atom. The summed E-state index contributed by atoms with van der Waals surface area (Å²) in [6.07, 6.45) is 2.46. The number of nitrogens with one attached hydrogen (secondary N) is 3. The Balaban J connectivity index is 0.00000300. The van der Waals surface area contributed by atoms with Gasteiger partial charge in [-0.3, -0.25) is 9.59 Å². The number of halogens is 1. The van der Waals surface area contributed by atoms with E-state index in [9.17, 15) is 9.59 Å². The van der Waals surface area contributed by atoms with Crippen molar-refractivity contribution in [2.75, 3.05) is 39.3 Å². The predicted molar refractivity (Wildman–Crippen MR) is 123 cm³/mol. The molecule has 2 heterocycles. The lowest BCUT2D eigenvalue weighted by Crippen LogP contribution is -2.49. The van der Waals surface area contributed by atoms with Crippen molar-refractivity contribution < 1.29 is 14.3 Å². The first-order chi connectivity index (χ1) is 13.7. The smallest absolute Gasteiger partial charge is 0.254 e. The van der Waals surface area contributed by atoms with Crippen LogP contribution in [-0.2, 0) is 16.1 Å². The fourth-order valence-electron chi connectivity index (χ4n) is 3.28. The number of ether oxygens (including phenoxy) is 1. The van der Waals surface area contributed by atoms with Gasteiger partial charge in [0.15, 0.2) is 5.96 Å². The topological polar surface area (TPSA) is 95.1 Å². The van der Waals surface area contributed by atoms with Crippen molar-refractivity contribution >= 4 is 41.8 Å². The molecule has 3 N–H and O–H groups in total. The lowest BCUT2D eigenvalue weighted by atomic mass is 10.1. The zero-order valence-corrected chi connectivity index (χ0v) is 19.1. The monoisotopic (exact) mass is 515 g/mol. The molecule has 2 aliphatic rings. The molecule has 1 atom stereocenters. The summed E-state index contributed by atoms with van der Waals surface area (Å²) in [5.74, 6) is 0.533. The largest absolute Gasteiger partial charge is 0.376 e. The fourth-order valence-corrected chi connectivity index (χ4v) is 3.28. The average Bonchev–Trinajstić information content (AvgIpc) is 3.23. The van der Waals surface area contributed by atoms with Gasteiger partial charge in [-0.1, -0.05) is 12.1 Å². The molecule has 2 amide bonds. The first-order valence-corrected chi connectivity index (χ1v) is 9.94. The molecular weight excluding hydrogens is 485 g/mol. The van der Waals surface area contributed by atoms with Crippen molar-refractivity contribution in [1.82, 2.24) is 20.9 Å². The molecular formula is C20H30IN5O3. The van der Waals surface area contributed by atoms with Crippen LogP contribution in [0.5, 0.6) is 0 Å². The van der Waals surface area contributed by atoms with E-state index < -0.39 is 0 Å². The number of carbonyl (C=O) groups is 2. The van der Waals surface area contributed by atoms with E-state index in [2.05, 4.69) is 20.9 Å². The summed E-state index contributed by atoms with van der Waals surface area (Å²) in [5, 5.41) is 9.29. The number of guanidine groups is 1. The van der Waals surface area contributed by atoms with E-state index in [-0.39, 0.29) is 48.4 Å². The quantitative estimate of drug-likeness (QED) is 0.300. The van der Waals surface area contributed by atoms with Gasteiger partial charge < -0.3 is 25.6 Å². The molecule has 1 unspecified atom stereocenters. The van der Waals surface area contributed by atoms with Gasteiger partial charge in [0, 0.05) is 38.3 Å². The zero-order chi connectivity index (χ0) is 19.8. The minimum absolute atomic E-state index is 0. The molecule has 8 nitrogen and oxygen atoms in total. The molecule has 2 fully saturated rings. The molecule has 1 aromatic carbocycles. The van der Waals surface area contributed by atoms with E-state index in [4.69, 9.17) is 4.74 Å². The molecule has 0 bridgehead atoms. The summed E-state index contributed by atoms with van der Waals surface area (Å²) in [6, 6.07) is 7.41. The number of carbonyl (C=O) groups excluding carboxylic acids is 2. The summed E-state index contributed by atoms with van der Waals surface area (Å²) >= 11 is 0. The van der Waals surface area contributed by atoms with Gasteiger partial charge >= 0.3 is 0 Å². The van der Waals surface area contributed by atoms with Crippen molar-refractivity contribution in [3.05, 3.63) is 35.4 Å². The number of benzene rings is 1. The molecule has 2 aliphatic heterocycles. The lowest BCUT2D eigenvalue weighted by molar-refractivity contribution is -0.123. The highest BCUT2D eigenvalue weighted by molar-refractivity contribution is 14.0. The molecule has 160 valence electrons. The Kier molecular flexibility index (Phi) is 9.65. The lowest BCUT2D eigenvalue weighted by Gasteiger charge is -2.26. The molecule has 29 heavy (non-hydrogen) atoms. The third-order valence-electron chi connectivity index (χ3n) is 4.81. The third kappa shape index (κ3) is 7.14. The summed E-state index contributed by atoms with van der Waals surface area (Å²) in [4.78, 5) is 30.2. The zero-order valence-electron chi connectivity index (χ0n) is 16.8. The minimum Gasteiger partial charge on any atom is -0.376 e. The van der Waals surface area contributed by atoms with Gasteiger partial charge in [0.1, 0.15) is 0 Å². The number of rotatable bonds is 6. The van der Waals surface area contributed by atoms with Crippen LogP contribution in [0.2, 0.25) is 0 Å². The Labute approximate surface area is 188 Å². The highest BCUT2D eigenvalue weighted by atomic mass is 127. The number of aliphatic imine (C=N–C) groups is 1. The standard InChI is InChI=1S/C20H29N5O3.HI/c1-2-21-20(24-13-17-4-3-11-28-17)23-12-15-5-7-16(8-6-15)19(27)25-10-9-22-18(26)14-25;/h5-8,17H,2-4,9-14H2,1H3,(H,22,26)(H2,21,23,24);1H. The van der Waals surface area contributed by atoms with Gasteiger partial charge in [-0.05, 0) is 37.5 Å². The van der Waals surface area contributed by atoms with Crippen molar-refractivity contribution in [2.45, 2.75) is 32.4 Å². The van der Waals surface area contributed by atoms with Gasteiger partial charge in [-0.25, -0.2) is 4.99 Å². The Hall–Kier alpha value is -1.88. The molecule has 1 aromatic rings. The highest BCUT2D eigenvalue weighted by Gasteiger charge is 2.22. The van der Waals surface area contributed by atoms with Crippen LogP contribution in [0.4, 0.5) is 0 Å². The number of piperazine rings is 1. The van der Waals surface area contributed by atoms with E-state index in [1.54, 1.807) is 17.0 Å². The van der Waals surface area contributed by atoms with Crippen LogP contribution < -0.4 is 16.0 Å². The number of nitrogens with zero attached hydrogens (tertiary/aromatic N) is 2. The number of amides is 2. The molecule has 2 saturated heterocycles. The van der Waals surface area contributed by atoms with Crippen LogP contribution in [0.15, 0.2) is 29.3 Å². The second-order valence-corrected chi connectivity index (χ2v) is 6.98. The first kappa shape index (κ1) is 23.4. The molecule has 0 aliphatic carbocycles. The van der Waals surface area contributed by atoms with Gasteiger partial charge in [-0.2, -0.15) is 0 Å². The van der Waals surface area contributed by atoms with Crippen LogP contribution >= 0.6 is 24.0 Å². The first-order valence-electron chi connectivity index (χ1n) is 9.94. The van der Waals surface area contributed by atoms with E-state index in [1.165, 1.54) is 0 Å². The Morgan fingerprint density at radius 3 is 2.76 bits per heavy atom. The van der Waals surface area contributed by atoms with Crippen LogP contribution in [0.25, 0.3) is 0 Å². The molecule has 0 saturated carbocycles. The second-order valence-electron chi connectivity index (χ2n) is 6.98. The van der Waals surface area contributed by atoms with Gasteiger partial charge in [-0.15, -0.1) is 24.0 Å². The van der Waals surface area contributed by atoms with E-state index in [0.29, 0.717) is 25.2 Å². The van der Waals surface area contributed by atoms with Crippen molar-refractivity contribution in [2.24, 2.45) is 4.99 Å². The summed E-state index contributed by atoms with van der Waals surface area (Å²) in [7, 11) is 0. The van der Waals surface area contributed by atoms with E-state index >= 15 is 0 Å². The maximum absolute atomic E-state index is 12.5. The van der Waals surface area contributed by atoms with Crippen LogP contribution in [0.3, 0.4) is 0 Å². The third-order valence-corrected chi connectivity index (χ3v) is 4.81. The summed E-state index contributed by atoms with van der Waals surface area (Å²) < 4.78 is 5.63. The molecule has 0 spiro atoms. The molecule has 3 rings (SSSR count). The van der Waals surface area contributed by atoms with Crippen LogP contribution in [-0.4, -0.2) is 68.1 Å². The van der Waals surface area contributed by atoms with E-state index in [0.717, 1.165) is 44.1 Å². The average molecular weight is 515 g/mol. The van der Waals surface area contributed by atoms with Gasteiger partial charge in [0.05, 0.1) is 19.2 Å². The summed E-state index contributed by atoms with van der Waals surface area (Å²) in [6.45, 7) is 6.09. The normalized spacial score (nSPS) is 19.3. The van der Waals surface area contributed by atoms with Crippen molar-refractivity contribution in [3.8, 4) is 0 Å². The van der Waals surface area contributed by atoms with E-state index in [1.807, 2.05) is 19.1 Å². The minimum atomic E-state index is -0.114. The maximum atomic E-state index is 12.5. The molecule has 9 heteroatoms. The van der Waals surface area contributed by atoms with Gasteiger partial charge in [0.2, 0.25) is 5.91 Å². The predicted octanol–water partition coefficient (Wildman–Crippen LogP) is 1.11. The second kappa shape index (κ2) is 12.0. The Bertz CT molecular complexity index is 705. The number of hydrogen-bond acceptors (Lipinski definition) is 4. The summed E-state index contributed by atoms with van der Waals surface area (Å²) in [5.41, 5.74) is 1.60. The van der Waals surface area contributed by atoms with Gasteiger partial charge in [0.25, 0.3) is 5.91 Å². The number of hydrogen-bond donors (Lipinski definition) is 3. The highest BCUT2D eigenvalue weighted by Crippen LogP contribution is 2.11. The molecule has 0 radical (unpaired) electrons. The fraction of sp³-hybridized carbons (Fsp3) is 0.550. The Morgan fingerprint density at radius 2 is 2.10 bits per heavy atom. The SMILES string of the molecule is CCNC(=NCc1ccc(C(=O)N2CCNC(=O)C2)cc1)NCC1CCCO1.I. The molecule has 0 aromatic heterocycles. The maximum Gasteiger partial charge on any atom is 0.254 e.